The van der Waals surface area contributed by atoms with E-state index in [1.165, 1.54) is 21.6 Å². The Morgan fingerprint density at radius 1 is 1.28 bits per heavy atom. The molecule has 0 amide bonds. The molecule has 0 N–H and O–H groups in total. The van der Waals surface area contributed by atoms with Crippen LogP contribution in [0.2, 0.25) is 4.34 Å². The Morgan fingerprint density at radius 3 is 2.78 bits per heavy atom. The van der Waals surface area contributed by atoms with Gasteiger partial charge in [-0.1, -0.05) is 45.7 Å². The smallest absolute Gasteiger partial charge is 0.0960 e. The van der Waals surface area contributed by atoms with Gasteiger partial charge in [-0.25, -0.2) is 0 Å². The van der Waals surface area contributed by atoms with Crippen molar-refractivity contribution < 1.29 is 4.74 Å². The van der Waals surface area contributed by atoms with E-state index in [4.69, 9.17) is 16.3 Å². The van der Waals surface area contributed by atoms with Crippen molar-refractivity contribution in [2.75, 3.05) is 0 Å². The lowest BCUT2D eigenvalue weighted by Gasteiger charge is -2.09. The van der Waals surface area contributed by atoms with E-state index in [0.717, 1.165) is 23.1 Å². The summed E-state index contributed by atoms with van der Waals surface area (Å²) in [5, 5.41) is 0. The Kier molecular flexibility index (Phi) is 3.50. The molecule has 4 heteroatoms. The molecule has 1 nitrogen and oxygen atoms in total. The van der Waals surface area contributed by atoms with Gasteiger partial charge in [0.25, 0.3) is 0 Å². The highest BCUT2D eigenvalue weighted by molar-refractivity contribution is 9.09. The molecule has 0 fully saturated rings. The second-order valence-electron chi connectivity index (χ2n) is 4.49. The number of hydrogen-bond acceptors (Lipinski definition) is 2. The molecule has 1 aromatic heterocycles. The van der Waals surface area contributed by atoms with Crippen LogP contribution in [0, 0.1) is 6.92 Å². The highest BCUT2D eigenvalue weighted by Gasteiger charge is 2.18. The average Bonchev–Trinajstić information content (AvgIpc) is 2.95. The van der Waals surface area contributed by atoms with Crippen LogP contribution < -0.4 is 0 Å². The molecule has 0 saturated carbocycles. The molecule has 1 atom stereocenters. The summed E-state index contributed by atoms with van der Waals surface area (Å²) in [5.74, 6) is 0. The van der Waals surface area contributed by atoms with Crippen molar-refractivity contribution in [1.82, 2.24) is 0 Å². The highest BCUT2D eigenvalue weighted by Crippen LogP contribution is 2.39. The maximum atomic E-state index is 6.13. The third-order valence-electron chi connectivity index (χ3n) is 3.16. The molecule has 2 aromatic rings. The monoisotopic (exact) mass is 342 g/mol. The zero-order valence-electron chi connectivity index (χ0n) is 9.87. The number of aryl methyl sites for hydroxylation is 1. The summed E-state index contributed by atoms with van der Waals surface area (Å²) in [7, 11) is 0. The normalized spacial score (nSPS) is 15.7. The van der Waals surface area contributed by atoms with E-state index in [1.807, 2.05) is 6.92 Å². The summed E-state index contributed by atoms with van der Waals surface area (Å²) in [4.78, 5) is 1.45. The molecule has 2 heterocycles. The van der Waals surface area contributed by atoms with Crippen molar-refractivity contribution in [3.8, 4) is 0 Å². The quantitative estimate of drug-likeness (QED) is 0.679. The molecule has 1 aromatic carbocycles. The number of thiophene rings is 1. The van der Waals surface area contributed by atoms with Gasteiger partial charge in [0.2, 0.25) is 0 Å². The fourth-order valence-corrected chi connectivity index (χ4v) is 4.04. The van der Waals surface area contributed by atoms with Crippen molar-refractivity contribution in [3.05, 3.63) is 55.7 Å². The third kappa shape index (κ3) is 2.25. The maximum Gasteiger partial charge on any atom is 0.0960 e. The second kappa shape index (κ2) is 4.97. The lowest BCUT2D eigenvalue weighted by molar-refractivity contribution is 0.134. The number of ether oxygens (including phenoxy) is 1. The summed E-state index contributed by atoms with van der Waals surface area (Å²) in [6, 6.07) is 8.70. The highest BCUT2D eigenvalue weighted by atomic mass is 79.9. The number of rotatable bonds is 2. The number of benzene rings is 1. The van der Waals surface area contributed by atoms with Crippen LogP contribution in [0.3, 0.4) is 0 Å². The fraction of sp³-hybridized carbons (Fsp3) is 0.286. The second-order valence-corrected chi connectivity index (χ2v) is 7.09. The molecule has 1 aliphatic heterocycles. The van der Waals surface area contributed by atoms with Gasteiger partial charge >= 0.3 is 0 Å². The van der Waals surface area contributed by atoms with E-state index in [2.05, 4.69) is 40.2 Å². The topological polar surface area (TPSA) is 9.23 Å². The van der Waals surface area contributed by atoms with Gasteiger partial charge in [0.15, 0.2) is 0 Å². The summed E-state index contributed by atoms with van der Waals surface area (Å²) >= 11 is 11.5. The van der Waals surface area contributed by atoms with Crippen molar-refractivity contribution in [2.24, 2.45) is 0 Å². The molecule has 18 heavy (non-hydrogen) atoms. The Morgan fingerprint density at radius 2 is 2.06 bits per heavy atom. The standard InChI is InChI=1S/C14H12BrClOS/c1-8-4-12(18-14(8)16)13(15)9-2-3-10-6-17-7-11(10)5-9/h2-5,13H,6-7H2,1H3. The first-order chi connectivity index (χ1) is 8.65. The lowest BCUT2D eigenvalue weighted by atomic mass is 10.0. The molecule has 0 radical (unpaired) electrons. The van der Waals surface area contributed by atoms with E-state index in [0.29, 0.717) is 0 Å². The van der Waals surface area contributed by atoms with Gasteiger partial charge in [-0.3, -0.25) is 0 Å². The molecule has 0 spiro atoms. The first-order valence-electron chi connectivity index (χ1n) is 5.74. The minimum Gasteiger partial charge on any atom is -0.372 e. The molecule has 3 rings (SSSR count). The molecule has 94 valence electrons. The van der Waals surface area contributed by atoms with Crippen LogP contribution in [0.25, 0.3) is 0 Å². The number of halogens is 2. The molecule has 1 unspecified atom stereocenters. The van der Waals surface area contributed by atoms with Crippen molar-refractivity contribution >= 4 is 38.9 Å². The Balaban J connectivity index is 1.94. The van der Waals surface area contributed by atoms with Crippen molar-refractivity contribution in [2.45, 2.75) is 25.0 Å². The Bertz CT molecular complexity index is 574. The summed E-state index contributed by atoms with van der Waals surface area (Å²) < 4.78 is 6.32. The van der Waals surface area contributed by atoms with E-state index in [1.54, 1.807) is 11.3 Å². The summed E-state index contributed by atoms with van der Waals surface area (Å²) in [6.45, 7) is 3.51. The SMILES string of the molecule is Cc1cc(C(Br)c2ccc3c(c2)COC3)sc1Cl. The molecular formula is C14H12BrClOS. The number of hydrogen-bond donors (Lipinski definition) is 0. The van der Waals surface area contributed by atoms with Crippen molar-refractivity contribution in [3.63, 3.8) is 0 Å². The maximum absolute atomic E-state index is 6.13. The number of fused-ring (bicyclic) bond motifs is 1. The lowest BCUT2D eigenvalue weighted by Crippen LogP contribution is -1.92. The average molecular weight is 344 g/mol. The van der Waals surface area contributed by atoms with Crippen LogP contribution in [0.15, 0.2) is 24.3 Å². The minimum atomic E-state index is 0.208. The van der Waals surface area contributed by atoms with E-state index in [9.17, 15) is 0 Å². The van der Waals surface area contributed by atoms with E-state index < -0.39 is 0 Å². The van der Waals surface area contributed by atoms with Crippen molar-refractivity contribution in [1.29, 1.82) is 0 Å². The van der Waals surface area contributed by atoms with Gasteiger partial charge < -0.3 is 4.74 Å². The molecule has 0 saturated heterocycles. The van der Waals surface area contributed by atoms with E-state index >= 15 is 0 Å². The third-order valence-corrected chi connectivity index (χ3v) is 6.11. The Hall–Kier alpha value is -0.350. The number of alkyl halides is 1. The van der Waals surface area contributed by atoms with Gasteiger partial charge in [-0.15, -0.1) is 11.3 Å². The largest absolute Gasteiger partial charge is 0.372 e. The first kappa shape index (κ1) is 12.7. The van der Waals surface area contributed by atoms with Crippen LogP contribution in [-0.2, 0) is 18.0 Å². The summed E-state index contributed by atoms with van der Waals surface area (Å²) in [6.07, 6.45) is 0. The molecular weight excluding hydrogens is 332 g/mol. The first-order valence-corrected chi connectivity index (χ1v) is 7.85. The van der Waals surface area contributed by atoms with Gasteiger partial charge in [0.05, 0.1) is 22.4 Å². The zero-order chi connectivity index (χ0) is 12.7. The Labute approximate surface area is 124 Å². The predicted octanol–water partition coefficient (Wildman–Crippen LogP) is 5.22. The zero-order valence-corrected chi connectivity index (χ0v) is 13.0. The van der Waals surface area contributed by atoms with Gasteiger partial charge in [-0.2, -0.15) is 0 Å². The molecule has 1 aliphatic rings. The van der Waals surface area contributed by atoms with Crippen LogP contribution >= 0.6 is 38.9 Å². The van der Waals surface area contributed by atoms with Gasteiger partial charge in [0, 0.05) is 4.88 Å². The summed E-state index contributed by atoms with van der Waals surface area (Å²) in [5.41, 5.74) is 5.01. The minimum absolute atomic E-state index is 0.208. The van der Waals surface area contributed by atoms with Crippen LogP contribution in [0.5, 0.6) is 0 Å². The van der Waals surface area contributed by atoms with Crippen LogP contribution in [0.1, 0.15) is 32.0 Å². The van der Waals surface area contributed by atoms with E-state index in [-0.39, 0.29) is 4.83 Å². The fourth-order valence-electron chi connectivity index (χ4n) is 2.12. The predicted molar refractivity (Wildman–Crippen MR) is 79.8 cm³/mol. The molecule has 0 aliphatic carbocycles. The van der Waals surface area contributed by atoms with Gasteiger partial charge in [0.1, 0.15) is 0 Å². The molecule has 0 bridgehead atoms. The van der Waals surface area contributed by atoms with Gasteiger partial charge in [-0.05, 0) is 35.2 Å². The van der Waals surface area contributed by atoms with Crippen LogP contribution in [0.4, 0.5) is 0 Å². The van der Waals surface area contributed by atoms with Crippen LogP contribution in [-0.4, -0.2) is 0 Å².